The number of carbonyl (C=O) groups excluding carboxylic acids is 1. The molecule has 2 aliphatic heterocycles. The van der Waals surface area contributed by atoms with Crippen LogP contribution >= 0.6 is 0 Å². The first-order valence-electron chi connectivity index (χ1n) is 7.17. The van der Waals surface area contributed by atoms with Gasteiger partial charge >= 0.3 is 0 Å². The summed E-state index contributed by atoms with van der Waals surface area (Å²) in [4.78, 5) is 12.0. The number of hydrazone groups is 1. The maximum atomic E-state index is 12.0. The second-order valence-electron chi connectivity index (χ2n) is 6.88. The molecule has 0 radical (unpaired) electrons. The molecule has 0 aliphatic carbocycles. The van der Waals surface area contributed by atoms with E-state index >= 15 is 0 Å². The van der Waals surface area contributed by atoms with E-state index in [4.69, 9.17) is 0 Å². The molecule has 1 amide bonds. The number of anilines is 1. The lowest BCUT2D eigenvalue weighted by atomic mass is 9.90. The van der Waals surface area contributed by atoms with Gasteiger partial charge in [0.15, 0.2) is 0 Å². The van der Waals surface area contributed by atoms with Gasteiger partial charge in [-0.1, -0.05) is 6.07 Å². The minimum Gasteiger partial charge on any atom is -0.312 e. The fraction of sp³-hybridized carbons (Fsp3) is 0.500. The first-order valence-corrected chi connectivity index (χ1v) is 7.17. The lowest BCUT2D eigenvalue weighted by Crippen LogP contribution is -2.42. The van der Waals surface area contributed by atoms with E-state index in [1.54, 1.807) is 0 Å². The summed E-state index contributed by atoms with van der Waals surface area (Å²) in [6, 6.07) is 5.85. The zero-order valence-electron chi connectivity index (χ0n) is 13.1. The molecule has 2 heterocycles. The Balaban J connectivity index is 2.12. The molecule has 1 aromatic carbocycles. The van der Waals surface area contributed by atoms with Crippen molar-refractivity contribution in [1.82, 2.24) is 5.06 Å². The molecule has 0 atom stereocenters. The molecule has 2 aliphatic rings. The van der Waals surface area contributed by atoms with E-state index in [1.165, 1.54) is 10.1 Å². The Morgan fingerprint density at radius 3 is 2.33 bits per heavy atom. The van der Waals surface area contributed by atoms with Crippen LogP contribution in [0.1, 0.15) is 52.2 Å². The molecule has 0 fully saturated rings. The summed E-state index contributed by atoms with van der Waals surface area (Å²) in [5.74, 6) is -0.0108. The van der Waals surface area contributed by atoms with Crippen molar-refractivity contribution in [3.05, 3.63) is 29.3 Å². The Labute approximate surface area is 124 Å². The number of fused-ring (bicyclic) bond motifs is 1. The number of hydroxylamine groups is 2. The highest BCUT2D eigenvalue weighted by Gasteiger charge is 2.49. The van der Waals surface area contributed by atoms with Gasteiger partial charge in [-0.3, -0.25) is 4.79 Å². The molecule has 5 heteroatoms. The van der Waals surface area contributed by atoms with Crippen molar-refractivity contribution in [2.45, 2.75) is 52.1 Å². The number of rotatable bonds is 1. The molecule has 3 rings (SSSR count). The van der Waals surface area contributed by atoms with Crippen molar-refractivity contribution in [3.63, 3.8) is 0 Å². The van der Waals surface area contributed by atoms with E-state index < -0.39 is 11.1 Å². The van der Waals surface area contributed by atoms with Gasteiger partial charge in [-0.25, -0.2) is 5.01 Å². The average molecular weight is 287 g/mol. The molecule has 0 unspecified atom stereocenters. The molecule has 0 saturated heterocycles. The third kappa shape index (κ3) is 1.84. The summed E-state index contributed by atoms with van der Waals surface area (Å²) >= 11 is 0. The molecule has 0 bridgehead atoms. The van der Waals surface area contributed by atoms with Gasteiger partial charge in [0.1, 0.15) is 0 Å². The van der Waals surface area contributed by atoms with E-state index in [2.05, 4.69) is 5.10 Å². The smallest absolute Gasteiger partial charge is 0.253 e. The molecule has 0 spiro atoms. The quantitative estimate of drug-likeness (QED) is 0.864. The minimum atomic E-state index is -0.504. The fourth-order valence-electron chi connectivity index (χ4n) is 3.39. The van der Waals surface area contributed by atoms with Crippen LogP contribution in [-0.4, -0.2) is 21.9 Å². The van der Waals surface area contributed by atoms with Crippen LogP contribution in [0.15, 0.2) is 23.3 Å². The van der Waals surface area contributed by atoms with Crippen molar-refractivity contribution < 1.29 is 10.0 Å². The predicted molar refractivity (Wildman–Crippen MR) is 81.3 cm³/mol. The molecule has 112 valence electrons. The van der Waals surface area contributed by atoms with Crippen LogP contribution in [-0.2, 0) is 15.9 Å². The minimum absolute atomic E-state index is 0.0108. The largest absolute Gasteiger partial charge is 0.312 e. The van der Waals surface area contributed by atoms with Crippen molar-refractivity contribution in [2.24, 2.45) is 5.10 Å². The van der Waals surface area contributed by atoms with E-state index in [0.29, 0.717) is 6.42 Å². The van der Waals surface area contributed by atoms with Crippen LogP contribution in [0.4, 0.5) is 5.69 Å². The zero-order chi connectivity index (χ0) is 15.6. The van der Waals surface area contributed by atoms with Crippen molar-refractivity contribution in [1.29, 1.82) is 0 Å². The predicted octanol–water partition coefficient (Wildman–Crippen LogP) is 2.97. The highest BCUT2D eigenvalue weighted by atomic mass is 16.5. The zero-order valence-corrected chi connectivity index (χ0v) is 13.1. The third-order valence-electron chi connectivity index (χ3n) is 4.54. The van der Waals surface area contributed by atoms with Gasteiger partial charge in [-0.2, -0.15) is 10.2 Å². The lowest BCUT2D eigenvalue weighted by molar-refractivity contribution is -0.216. The first-order chi connectivity index (χ1) is 9.65. The molecule has 0 aromatic heterocycles. The Morgan fingerprint density at radius 1 is 1.14 bits per heavy atom. The van der Waals surface area contributed by atoms with Crippen LogP contribution in [0, 0.1) is 0 Å². The summed E-state index contributed by atoms with van der Waals surface area (Å²) < 4.78 is 0. The van der Waals surface area contributed by atoms with E-state index in [1.807, 2.05) is 52.8 Å². The maximum Gasteiger partial charge on any atom is 0.253 e. The molecule has 1 aromatic rings. The highest BCUT2D eigenvalue weighted by molar-refractivity contribution is 6.12. The second-order valence-corrected chi connectivity index (χ2v) is 6.88. The SMILES string of the molecule is CC1=NN(c2ccc3c(c2)C(C)(C)N(O)C3(C)C)C(=O)C1. The number of carbonyl (C=O) groups is 1. The van der Waals surface area contributed by atoms with Gasteiger partial charge in [0.05, 0.1) is 23.2 Å². The van der Waals surface area contributed by atoms with Gasteiger partial charge in [0, 0.05) is 5.71 Å². The average Bonchev–Trinajstić information content (AvgIpc) is 2.81. The van der Waals surface area contributed by atoms with Crippen molar-refractivity contribution >= 4 is 17.3 Å². The van der Waals surface area contributed by atoms with Gasteiger partial charge in [0.25, 0.3) is 5.91 Å². The molecule has 0 saturated carbocycles. The van der Waals surface area contributed by atoms with Crippen LogP contribution in [0.5, 0.6) is 0 Å². The van der Waals surface area contributed by atoms with Gasteiger partial charge in [0.2, 0.25) is 0 Å². The summed E-state index contributed by atoms with van der Waals surface area (Å²) in [6.45, 7) is 9.79. The summed E-state index contributed by atoms with van der Waals surface area (Å²) in [5.41, 5.74) is 2.73. The van der Waals surface area contributed by atoms with E-state index in [0.717, 1.165) is 22.5 Å². The number of hydrogen-bond donors (Lipinski definition) is 1. The van der Waals surface area contributed by atoms with Crippen LogP contribution in [0.3, 0.4) is 0 Å². The molecular weight excluding hydrogens is 266 g/mol. The Kier molecular flexibility index (Phi) is 2.81. The Hall–Kier alpha value is -1.72. The number of amides is 1. The summed E-state index contributed by atoms with van der Waals surface area (Å²) in [6.07, 6.45) is 0.373. The Morgan fingerprint density at radius 2 is 1.76 bits per heavy atom. The van der Waals surface area contributed by atoms with Crippen LogP contribution < -0.4 is 5.01 Å². The number of benzene rings is 1. The van der Waals surface area contributed by atoms with Crippen LogP contribution in [0.2, 0.25) is 0 Å². The normalized spacial score (nSPS) is 23.4. The van der Waals surface area contributed by atoms with Crippen LogP contribution in [0.25, 0.3) is 0 Å². The Bertz CT molecular complexity index is 661. The lowest BCUT2D eigenvalue weighted by Gasteiger charge is -2.34. The molecular formula is C16H21N3O2. The van der Waals surface area contributed by atoms with Gasteiger partial charge in [-0.05, 0) is 57.9 Å². The number of nitrogens with zero attached hydrogens (tertiary/aromatic N) is 3. The van der Waals surface area contributed by atoms with Gasteiger partial charge < -0.3 is 5.21 Å². The van der Waals surface area contributed by atoms with E-state index in [9.17, 15) is 10.0 Å². The first kappa shape index (κ1) is 14.2. The highest BCUT2D eigenvalue weighted by Crippen LogP contribution is 2.49. The van der Waals surface area contributed by atoms with Crippen molar-refractivity contribution in [3.8, 4) is 0 Å². The van der Waals surface area contributed by atoms with E-state index in [-0.39, 0.29) is 5.91 Å². The molecule has 21 heavy (non-hydrogen) atoms. The number of hydrogen-bond acceptors (Lipinski definition) is 4. The van der Waals surface area contributed by atoms with Gasteiger partial charge in [-0.15, -0.1) is 0 Å². The fourth-order valence-corrected chi connectivity index (χ4v) is 3.39. The summed E-state index contributed by atoms with van der Waals surface area (Å²) in [7, 11) is 0. The third-order valence-corrected chi connectivity index (χ3v) is 4.54. The maximum absolute atomic E-state index is 12.0. The topological polar surface area (TPSA) is 56.1 Å². The van der Waals surface area contributed by atoms with Crippen molar-refractivity contribution in [2.75, 3.05) is 5.01 Å². The standard InChI is InChI=1S/C16H21N3O2/c1-10-8-14(20)18(17-10)11-6-7-12-13(9-11)16(4,5)19(21)15(12,2)3/h6-7,9,21H,8H2,1-5H3. The monoisotopic (exact) mass is 287 g/mol. The molecule has 5 nitrogen and oxygen atoms in total. The second kappa shape index (κ2) is 4.15. The summed E-state index contributed by atoms with van der Waals surface area (Å²) in [5, 5.41) is 17.6. The molecule has 1 N–H and O–H groups in total.